The molecule has 1 aliphatic rings. The molecule has 0 bridgehead atoms. The highest BCUT2D eigenvalue weighted by atomic mass is 16.6. The highest BCUT2D eigenvalue weighted by Crippen LogP contribution is 2.04. The molecule has 1 heterocycles. The van der Waals surface area contributed by atoms with Crippen LogP contribution >= 0.6 is 0 Å². The second kappa shape index (κ2) is 8.97. The predicted octanol–water partition coefficient (Wildman–Crippen LogP) is 1.20. The molecule has 3 nitrogen and oxygen atoms in total. The summed E-state index contributed by atoms with van der Waals surface area (Å²) in [6, 6.07) is 0. The molecule has 12 heavy (non-hydrogen) atoms. The van der Waals surface area contributed by atoms with Crippen molar-refractivity contribution in [3.63, 3.8) is 0 Å². The first-order chi connectivity index (χ1) is 5.81. The number of hydrogen-bond acceptors (Lipinski definition) is 3. The molecule has 1 atom stereocenters. The van der Waals surface area contributed by atoms with Gasteiger partial charge in [-0.3, -0.25) is 0 Å². The first kappa shape index (κ1) is 11.9. The highest BCUT2D eigenvalue weighted by Gasteiger charge is 2.13. The topological polar surface area (TPSA) is 42.0 Å². The van der Waals surface area contributed by atoms with Gasteiger partial charge in [-0.2, -0.15) is 0 Å². The first-order valence-electron chi connectivity index (χ1n) is 4.61. The maximum atomic E-state index is 8.24. The van der Waals surface area contributed by atoms with E-state index in [1.54, 1.807) is 0 Å². The van der Waals surface area contributed by atoms with E-state index in [1.165, 1.54) is 0 Å². The number of ether oxygens (including phenoxy) is 2. The Bertz CT molecular complexity index is 75.8. The maximum absolute atomic E-state index is 8.24. The van der Waals surface area contributed by atoms with Gasteiger partial charge in [0.25, 0.3) is 0 Å². The number of hydrogen-bond donors (Lipinski definition) is 1. The molecule has 3 heteroatoms. The van der Waals surface area contributed by atoms with Gasteiger partial charge in [-0.15, -0.1) is 0 Å². The van der Waals surface area contributed by atoms with Crippen molar-refractivity contribution < 1.29 is 14.6 Å². The van der Waals surface area contributed by atoms with Crippen LogP contribution in [0.1, 0.15) is 26.7 Å². The van der Waals surface area contributed by atoms with Crippen molar-refractivity contribution in [1.82, 2.24) is 0 Å². The van der Waals surface area contributed by atoms with Crippen molar-refractivity contribution in [3.8, 4) is 0 Å². The van der Waals surface area contributed by atoms with Crippen LogP contribution in [0.3, 0.4) is 0 Å². The van der Waals surface area contributed by atoms with Gasteiger partial charge < -0.3 is 14.6 Å². The van der Waals surface area contributed by atoms with E-state index in [-0.39, 0.29) is 6.61 Å². The van der Waals surface area contributed by atoms with E-state index in [0.29, 0.717) is 12.7 Å². The van der Waals surface area contributed by atoms with E-state index in [0.717, 1.165) is 26.1 Å². The molecule has 1 rings (SSSR count). The van der Waals surface area contributed by atoms with E-state index in [1.807, 2.05) is 0 Å². The van der Waals surface area contributed by atoms with E-state index in [9.17, 15) is 0 Å². The number of aliphatic hydroxyl groups is 1. The lowest BCUT2D eigenvalue weighted by molar-refractivity contribution is 0.0904. The second-order valence-electron chi connectivity index (χ2n) is 2.83. The predicted molar refractivity (Wildman–Crippen MR) is 48.2 cm³/mol. The Hall–Kier alpha value is -0.120. The van der Waals surface area contributed by atoms with Crippen molar-refractivity contribution >= 4 is 0 Å². The smallest absolute Gasteiger partial charge is 0.0781 e. The highest BCUT2D eigenvalue weighted by molar-refractivity contribution is 4.58. The quantitative estimate of drug-likeness (QED) is 0.505. The number of epoxide rings is 1. The summed E-state index contributed by atoms with van der Waals surface area (Å²) in [6.07, 6.45) is 2.84. The average molecular weight is 176 g/mol. The Kier molecular flexibility index (Phi) is 8.88. The van der Waals surface area contributed by atoms with Crippen LogP contribution in [0.2, 0.25) is 0 Å². The fraction of sp³-hybridized carbons (Fsp3) is 1.00. The van der Waals surface area contributed by atoms with Gasteiger partial charge in [-0.1, -0.05) is 13.3 Å². The van der Waals surface area contributed by atoms with Crippen LogP contribution in [-0.4, -0.2) is 37.6 Å². The molecule has 0 spiro atoms. The summed E-state index contributed by atoms with van der Waals surface area (Å²) in [4.78, 5) is 0. The Morgan fingerprint density at radius 2 is 2.08 bits per heavy atom. The van der Waals surface area contributed by atoms with E-state index in [4.69, 9.17) is 14.6 Å². The van der Waals surface area contributed by atoms with Crippen LogP contribution in [0, 0.1) is 0 Å². The van der Waals surface area contributed by atoms with Crippen molar-refractivity contribution in [1.29, 1.82) is 0 Å². The fourth-order valence-electron chi connectivity index (χ4n) is 0.509. The van der Waals surface area contributed by atoms with Gasteiger partial charge in [0.05, 0.1) is 25.9 Å². The standard InChI is InChI=1S/C6H14O2.C3H6O/c1-2-3-5-8-6-4-7;1-3-2-4-3/h7H,2-6H2,1H3;3H,2H2,1H3. The summed E-state index contributed by atoms with van der Waals surface area (Å²) in [6.45, 7) is 6.57. The fourth-order valence-corrected chi connectivity index (χ4v) is 0.509. The molecule has 1 unspecified atom stereocenters. The molecule has 1 aliphatic heterocycles. The third kappa shape index (κ3) is 12.5. The Labute approximate surface area is 74.7 Å². The molecule has 0 amide bonds. The van der Waals surface area contributed by atoms with Crippen LogP contribution in [0.5, 0.6) is 0 Å². The van der Waals surface area contributed by atoms with Crippen molar-refractivity contribution in [3.05, 3.63) is 0 Å². The Morgan fingerprint density at radius 1 is 1.50 bits per heavy atom. The van der Waals surface area contributed by atoms with Crippen LogP contribution in [0.25, 0.3) is 0 Å². The zero-order valence-corrected chi connectivity index (χ0v) is 8.08. The minimum absolute atomic E-state index is 0.143. The molecule has 1 N–H and O–H groups in total. The molecule has 0 saturated carbocycles. The largest absolute Gasteiger partial charge is 0.394 e. The van der Waals surface area contributed by atoms with Crippen molar-refractivity contribution in [2.75, 3.05) is 26.4 Å². The van der Waals surface area contributed by atoms with Crippen molar-refractivity contribution in [2.24, 2.45) is 0 Å². The van der Waals surface area contributed by atoms with Gasteiger partial charge in [0.2, 0.25) is 0 Å². The van der Waals surface area contributed by atoms with Crippen LogP contribution in [0.4, 0.5) is 0 Å². The SMILES string of the molecule is CC1CO1.CCCCOCCO. The molecule has 74 valence electrons. The molecular formula is C9H20O3. The van der Waals surface area contributed by atoms with Gasteiger partial charge in [-0.05, 0) is 13.3 Å². The zero-order valence-electron chi connectivity index (χ0n) is 8.08. The monoisotopic (exact) mass is 176 g/mol. The third-order valence-electron chi connectivity index (χ3n) is 1.38. The third-order valence-corrected chi connectivity index (χ3v) is 1.38. The summed E-state index contributed by atoms with van der Waals surface area (Å²) in [5.41, 5.74) is 0. The average Bonchev–Trinajstić information content (AvgIpc) is 2.83. The van der Waals surface area contributed by atoms with Crippen molar-refractivity contribution in [2.45, 2.75) is 32.8 Å². The van der Waals surface area contributed by atoms with E-state index in [2.05, 4.69) is 13.8 Å². The lowest BCUT2D eigenvalue weighted by Crippen LogP contribution is -1.99. The summed E-state index contributed by atoms with van der Waals surface area (Å²) < 4.78 is 9.68. The molecule has 0 aliphatic carbocycles. The molecule has 1 fully saturated rings. The maximum Gasteiger partial charge on any atom is 0.0781 e. The van der Waals surface area contributed by atoms with Crippen LogP contribution in [0.15, 0.2) is 0 Å². The second-order valence-corrected chi connectivity index (χ2v) is 2.83. The van der Waals surface area contributed by atoms with Gasteiger partial charge in [0.15, 0.2) is 0 Å². The van der Waals surface area contributed by atoms with Gasteiger partial charge in [0, 0.05) is 6.61 Å². The van der Waals surface area contributed by atoms with Crippen LogP contribution < -0.4 is 0 Å². The minimum atomic E-state index is 0.143. The number of rotatable bonds is 5. The molecular weight excluding hydrogens is 156 g/mol. The normalized spacial score (nSPS) is 19.8. The molecule has 0 aromatic carbocycles. The Morgan fingerprint density at radius 3 is 2.42 bits per heavy atom. The zero-order chi connectivity index (χ0) is 9.23. The summed E-state index contributed by atoms with van der Waals surface area (Å²) in [5.74, 6) is 0. The molecule has 1 saturated heterocycles. The minimum Gasteiger partial charge on any atom is -0.394 e. The summed E-state index contributed by atoms with van der Waals surface area (Å²) in [5, 5.41) is 8.24. The number of unbranched alkanes of at least 4 members (excludes halogenated alkanes) is 1. The Balaban J connectivity index is 0.000000247. The number of aliphatic hydroxyl groups excluding tert-OH is 1. The summed E-state index contributed by atoms with van der Waals surface area (Å²) in [7, 11) is 0. The first-order valence-corrected chi connectivity index (χ1v) is 4.61. The molecule has 0 aromatic heterocycles. The lowest BCUT2D eigenvalue weighted by Gasteiger charge is -1.97. The van der Waals surface area contributed by atoms with E-state index >= 15 is 0 Å². The van der Waals surface area contributed by atoms with Gasteiger partial charge in [0.1, 0.15) is 0 Å². The summed E-state index contributed by atoms with van der Waals surface area (Å²) >= 11 is 0. The molecule has 0 radical (unpaired) electrons. The lowest BCUT2D eigenvalue weighted by atomic mass is 10.4. The van der Waals surface area contributed by atoms with Gasteiger partial charge >= 0.3 is 0 Å². The van der Waals surface area contributed by atoms with Gasteiger partial charge in [-0.25, -0.2) is 0 Å². The van der Waals surface area contributed by atoms with E-state index < -0.39 is 0 Å². The van der Waals surface area contributed by atoms with Crippen LogP contribution in [-0.2, 0) is 9.47 Å². The molecule has 0 aromatic rings.